The number of rotatable bonds is 3. The first-order valence-electron chi connectivity index (χ1n) is 4.02. The van der Waals surface area contributed by atoms with E-state index in [-0.39, 0.29) is 0 Å². The Hall–Kier alpha value is -0.770. The molecule has 0 unspecified atom stereocenters. The highest BCUT2D eigenvalue weighted by Crippen LogP contribution is 2.25. The van der Waals surface area contributed by atoms with E-state index in [1.54, 1.807) is 19.2 Å². The number of phenols is 1. The van der Waals surface area contributed by atoms with Crippen LogP contribution < -0.4 is 10.9 Å². The first-order valence-corrected chi connectivity index (χ1v) is 4.40. The van der Waals surface area contributed by atoms with Crippen molar-refractivity contribution >= 4 is 11.6 Å². The van der Waals surface area contributed by atoms with E-state index in [0.29, 0.717) is 17.3 Å². The Morgan fingerprint density at radius 3 is 2.77 bits per heavy atom. The maximum atomic E-state index is 9.62. The van der Waals surface area contributed by atoms with Crippen LogP contribution in [0.4, 0.5) is 0 Å². The second-order valence-electron chi connectivity index (χ2n) is 2.83. The third-order valence-electron chi connectivity index (χ3n) is 1.80. The summed E-state index contributed by atoms with van der Waals surface area (Å²) in [6, 6.07) is 3.48. The molecule has 0 heterocycles. The van der Waals surface area contributed by atoms with Crippen molar-refractivity contribution < 1.29 is 5.11 Å². The van der Waals surface area contributed by atoms with Crippen molar-refractivity contribution in [3.63, 3.8) is 0 Å². The average molecular weight is 201 g/mol. The van der Waals surface area contributed by atoms with Crippen LogP contribution in [0.1, 0.15) is 11.1 Å². The molecular formula is C9H13ClN2O. The molecule has 0 atom stereocenters. The van der Waals surface area contributed by atoms with E-state index in [0.717, 1.165) is 11.1 Å². The maximum Gasteiger partial charge on any atom is 0.123 e. The molecule has 0 aromatic heterocycles. The Morgan fingerprint density at radius 2 is 2.15 bits per heavy atom. The lowest BCUT2D eigenvalue weighted by molar-refractivity contribution is 0.457. The van der Waals surface area contributed by atoms with E-state index in [2.05, 4.69) is 10.9 Å². The van der Waals surface area contributed by atoms with E-state index < -0.39 is 0 Å². The molecule has 3 N–H and O–H groups in total. The fourth-order valence-electron chi connectivity index (χ4n) is 1.12. The van der Waals surface area contributed by atoms with Crippen LogP contribution in [0, 0.1) is 6.92 Å². The highest BCUT2D eigenvalue weighted by molar-refractivity contribution is 6.30. The van der Waals surface area contributed by atoms with Crippen LogP contribution in [0.15, 0.2) is 12.1 Å². The number of nitrogens with one attached hydrogen (secondary N) is 2. The van der Waals surface area contributed by atoms with Gasteiger partial charge >= 0.3 is 0 Å². The lowest BCUT2D eigenvalue weighted by atomic mass is 10.1. The topological polar surface area (TPSA) is 44.3 Å². The van der Waals surface area contributed by atoms with Crippen molar-refractivity contribution in [1.29, 1.82) is 0 Å². The highest BCUT2D eigenvalue weighted by atomic mass is 35.5. The molecule has 0 aliphatic rings. The van der Waals surface area contributed by atoms with Crippen molar-refractivity contribution in [2.75, 3.05) is 7.05 Å². The number of aromatic hydroxyl groups is 1. The minimum atomic E-state index is 0.298. The molecule has 0 saturated carbocycles. The molecule has 1 aromatic rings. The predicted octanol–water partition coefficient (Wildman–Crippen LogP) is 1.58. The number of halogens is 1. The standard InChI is InChI=1S/C9H13ClN2O/c1-6-3-8(10)4-7(9(6)13)5-12-11-2/h3-4,11-13H,5H2,1-2H3. The summed E-state index contributed by atoms with van der Waals surface area (Å²) in [4.78, 5) is 0. The van der Waals surface area contributed by atoms with E-state index in [1.807, 2.05) is 6.92 Å². The van der Waals surface area contributed by atoms with Gasteiger partial charge in [-0.05, 0) is 31.7 Å². The lowest BCUT2D eigenvalue weighted by Gasteiger charge is -2.08. The van der Waals surface area contributed by atoms with Crippen molar-refractivity contribution in [2.24, 2.45) is 0 Å². The third-order valence-corrected chi connectivity index (χ3v) is 2.02. The first-order chi connectivity index (χ1) is 6.15. The van der Waals surface area contributed by atoms with Crippen LogP contribution in [0.2, 0.25) is 5.02 Å². The summed E-state index contributed by atoms with van der Waals surface area (Å²) in [5.41, 5.74) is 7.25. The van der Waals surface area contributed by atoms with Crippen molar-refractivity contribution in [2.45, 2.75) is 13.5 Å². The first kappa shape index (κ1) is 10.3. The van der Waals surface area contributed by atoms with E-state index in [4.69, 9.17) is 11.6 Å². The molecule has 0 spiro atoms. The smallest absolute Gasteiger partial charge is 0.123 e. The zero-order valence-electron chi connectivity index (χ0n) is 7.69. The number of hydrazine groups is 1. The minimum absolute atomic E-state index is 0.298. The fraction of sp³-hybridized carbons (Fsp3) is 0.333. The molecule has 3 nitrogen and oxygen atoms in total. The molecule has 0 amide bonds. The summed E-state index contributed by atoms with van der Waals surface area (Å²) in [5.74, 6) is 0.298. The number of phenolic OH excluding ortho intramolecular Hbond substituents is 1. The van der Waals surface area contributed by atoms with Gasteiger partial charge in [-0.1, -0.05) is 11.6 Å². The number of hydrogen-bond donors (Lipinski definition) is 3. The van der Waals surface area contributed by atoms with Crippen LogP contribution in [-0.2, 0) is 6.54 Å². The van der Waals surface area contributed by atoms with Gasteiger partial charge in [0.15, 0.2) is 0 Å². The van der Waals surface area contributed by atoms with Gasteiger partial charge in [0, 0.05) is 17.1 Å². The molecule has 1 aromatic carbocycles. The van der Waals surface area contributed by atoms with E-state index in [9.17, 15) is 5.11 Å². The van der Waals surface area contributed by atoms with E-state index >= 15 is 0 Å². The maximum absolute atomic E-state index is 9.62. The Kier molecular flexibility index (Phi) is 3.54. The van der Waals surface area contributed by atoms with Gasteiger partial charge in [0.1, 0.15) is 5.75 Å². The molecule has 0 aliphatic heterocycles. The van der Waals surface area contributed by atoms with Crippen molar-refractivity contribution in [3.05, 3.63) is 28.3 Å². The summed E-state index contributed by atoms with van der Waals surface area (Å²) >= 11 is 5.84. The molecule has 0 radical (unpaired) electrons. The van der Waals surface area contributed by atoms with Gasteiger partial charge in [0.2, 0.25) is 0 Å². The van der Waals surface area contributed by atoms with E-state index in [1.165, 1.54) is 0 Å². The van der Waals surface area contributed by atoms with Gasteiger partial charge in [0.05, 0.1) is 0 Å². The molecular weight excluding hydrogens is 188 g/mol. The summed E-state index contributed by atoms with van der Waals surface area (Å²) in [6.07, 6.45) is 0. The number of benzene rings is 1. The monoisotopic (exact) mass is 200 g/mol. The van der Waals surface area contributed by atoms with Gasteiger partial charge in [-0.15, -0.1) is 0 Å². The van der Waals surface area contributed by atoms with Crippen LogP contribution in [-0.4, -0.2) is 12.2 Å². The SMILES string of the molecule is CNNCc1cc(Cl)cc(C)c1O. The molecule has 0 aliphatic carbocycles. The summed E-state index contributed by atoms with van der Waals surface area (Å²) in [5, 5.41) is 10.3. The second-order valence-corrected chi connectivity index (χ2v) is 3.27. The molecule has 72 valence electrons. The number of hydrogen-bond acceptors (Lipinski definition) is 3. The average Bonchev–Trinajstić information content (AvgIpc) is 2.09. The summed E-state index contributed by atoms with van der Waals surface area (Å²) < 4.78 is 0. The van der Waals surface area contributed by atoms with Crippen molar-refractivity contribution in [1.82, 2.24) is 10.9 Å². The van der Waals surface area contributed by atoms with Crippen LogP contribution in [0.3, 0.4) is 0 Å². The Labute approximate surface area is 82.7 Å². The summed E-state index contributed by atoms with van der Waals surface area (Å²) in [7, 11) is 1.77. The van der Waals surface area contributed by atoms with Gasteiger partial charge < -0.3 is 5.11 Å². The van der Waals surface area contributed by atoms with Gasteiger partial charge in [0.25, 0.3) is 0 Å². The second kappa shape index (κ2) is 4.46. The third kappa shape index (κ3) is 2.59. The van der Waals surface area contributed by atoms with Crippen LogP contribution in [0.5, 0.6) is 5.75 Å². The predicted molar refractivity (Wildman–Crippen MR) is 53.8 cm³/mol. The summed E-state index contributed by atoms with van der Waals surface area (Å²) in [6.45, 7) is 2.37. The highest BCUT2D eigenvalue weighted by Gasteiger charge is 2.05. The minimum Gasteiger partial charge on any atom is -0.507 e. The quantitative estimate of drug-likeness (QED) is 0.650. The Balaban J connectivity index is 2.92. The normalized spacial score (nSPS) is 10.4. The zero-order chi connectivity index (χ0) is 9.84. The Morgan fingerprint density at radius 1 is 1.46 bits per heavy atom. The molecule has 0 fully saturated rings. The molecule has 0 bridgehead atoms. The van der Waals surface area contributed by atoms with Gasteiger partial charge in [-0.25, -0.2) is 0 Å². The molecule has 1 rings (SSSR count). The van der Waals surface area contributed by atoms with Crippen LogP contribution in [0.25, 0.3) is 0 Å². The van der Waals surface area contributed by atoms with Gasteiger partial charge in [-0.2, -0.15) is 0 Å². The lowest BCUT2D eigenvalue weighted by Crippen LogP contribution is -2.26. The number of aryl methyl sites for hydroxylation is 1. The van der Waals surface area contributed by atoms with Crippen molar-refractivity contribution in [3.8, 4) is 5.75 Å². The largest absolute Gasteiger partial charge is 0.507 e. The fourth-order valence-corrected chi connectivity index (χ4v) is 1.42. The van der Waals surface area contributed by atoms with Crippen LogP contribution >= 0.6 is 11.6 Å². The molecule has 0 saturated heterocycles. The molecule has 4 heteroatoms. The zero-order valence-corrected chi connectivity index (χ0v) is 8.44. The Bertz CT molecular complexity index is 302. The molecule has 13 heavy (non-hydrogen) atoms. The van der Waals surface area contributed by atoms with Gasteiger partial charge in [-0.3, -0.25) is 10.9 Å².